The molecule has 2 nitrogen and oxygen atoms in total. The fourth-order valence-corrected chi connectivity index (χ4v) is 4.68. The monoisotopic (exact) mass is 496 g/mol. The Bertz CT molecular complexity index is 723. The normalized spacial score (nSPS) is 16.4. The van der Waals surface area contributed by atoms with Crippen molar-refractivity contribution >= 4 is 18.0 Å². The van der Waals surface area contributed by atoms with E-state index in [1.807, 2.05) is 42.5 Å². The molecule has 1 aliphatic rings. The lowest BCUT2D eigenvalue weighted by molar-refractivity contribution is 0.0768. The van der Waals surface area contributed by atoms with Gasteiger partial charge in [-0.05, 0) is 67.3 Å². The molecule has 0 radical (unpaired) electrons. The van der Waals surface area contributed by atoms with Gasteiger partial charge in [0.25, 0.3) is 0 Å². The van der Waals surface area contributed by atoms with Gasteiger partial charge >= 0.3 is 5.97 Å². The van der Waals surface area contributed by atoms with Crippen molar-refractivity contribution < 1.29 is 32.5 Å². The summed E-state index contributed by atoms with van der Waals surface area (Å²) in [7, 11) is 0. The molecule has 8 heteroatoms. The Morgan fingerprint density at radius 2 is 1.42 bits per heavy atom. The number of rotatable bonds is 9. The smallest absolute Gasteiger partial charge is 0.350 e. The molecule has 190 valence electrons. The van der Waals surface area contributed by atoms with Crippen molar-refractivity contribution in [3.05, 3.63) is 65.7 Å². The number of carbonyl (C=O) groups excluding carboxylic acids is 1. The Morgan fingerprint density at radius 3 is 2.00 bits per heavy atom. The van der Waals surface area contributed by atoms with E-state index in [1.165, 1.54) is 63.4 Å². The van der Waals surface area contributed by atoms with Crippen molar-refractivity contribution in [2.45, 2.75) is 75.5 Å². The quantitative estimate of drug-likeness (QED) is 0.198. The summed E-state index contributed by atoms with van der Waals surface area (Å²) in [6.07, 6.45) is 12.2. The standard InChI is InChI=1S/C25H32O2S.5FH/c1-2-3-4-6-9-20-12-14-21(15-13-20)22-16-18-23(19-17-22)25(26)27-28-24-10-7-5-8-11-24;;;;;/h5,7-8,10-11,16-21H,2-4,6,9,12-15H2,1H3;5*1H. The van der Waals surface area contributed by atoms with Crippen LogP contribution in [0.25, 0.3) is 0 Å². The first-order valence-electron chi connectivity index (χ1n) is 10.8. The van der Waals surface area contributed by atoms with Crippen LogP contribution in [0.5, 0.6) is 0 Å². The Labute approximate surface area is 197 Å². The van der Waals surface area contributed by atoms with Crippen molar-refractivity contribution in [1.82, 2.24) is 0 Å². The van der Waals surface area contributed by atoms with Gasteiger partial charge < -0.3 is 4.18 Å². The highest BCUT2D eigenvalue weighted by Gasteiger charge is 2.22. The van der Waals surface area contributed by atoms with Crippen molar-refractivity contribution in [2.24, 2.45) is 5.92 Å². The van der Waals surface area contributed by atoms with Crippen LogP contribution in [0.15, 0.2) is 59.5 Å². The van der Waals surface area contributed by atoms with E-state index in [4.69, 9.17) is 4.18 Å². The second-order valence-electron chi connectivity index (χ2n) is 7.96. The first-order valence-corrected chi connectivity index (χ1v) is 11.5. The molecule has 0 amide bonds. The van der Waals surface area contributed by atoms with Crippen molar-refractivity contribution in [3.8, 4) is 0 Å². The molecule has 0 N–H and O–H groups in total. The lowest BCUT2D eigenvalue weighted by Gasteiger charge is -2.29. The molecule has 3 rings (SSSR count). The molecule has 0 spiro atoms. The lowest BCUT2D eigenvalue weighted by atomic mass is 9.77. The fourth-order valence-electron chi connectivity index (χ4n) is 4.15. The average molecular weight is 497 g/mol. The molecule has 2 aromatic carbocycles. The second kappa shape index (κ2) is 19.4. The number of unbranched alkanes of at least 4 members (excludes halogenated alkanes) is 3. The maximum Gasteiger partial charge on any atom is 0.350 e. The molecule has 2 aromatic rings. The Kier molecular flexibility index (Phi) is 20.9. The molecular weight excluding hydrogens is 459 g/mol. The average Bonchev–Trinajstić information content (AvgIpc) is 2.76. The number of carbonyl (C=O) groups is 1. The molecule has 0 bridgehead atoms. The molecule has 1 fully saturated rings. The minimum atomic E-state index is -0.281. The van der Waals surface area contributed by atoms with Gasteiger partial charge in [0, 0.05) is 4.90 Å². The fraction of sp³-hybridized carbons (Fsp3) is 0.480. The summed E-state index contributed by atoms with van der Waals surface area (Å²) in [6.45, 7) is 2.28. The maximum atomic E-state index is 12.3. The molecule has 0 heterocycles. The predicted octanol–water partition coefficient (Wildman–Crippen LogP) is 8.56. The van der Waals surface area contributed by atoms with Crippen LogP contribution in [0.4, 0.5) is 23.5 Å². The van der Waals surface area contributed by atoms with E-state index in [1.54, 1.807) is 0 Å². The third-order valence-corrected chi connectivity index (χ3v) is 6.59. The van der Waals surface area contributed by atoms with Crippen molar-refractivity contribution in [3.63, 3.8) is 0 Å². The van der Waals surface area contributed by atoms with Gasteiger partial charge in [0.05, 0.1) is 17.6 Å². The van der Waals surface area contributed by atoms with Gasteiger partial charge in [-0.25, -0.2) is 4.79 Å². The van der Waals surface area contributed by atoms with E-state index in [2.05, 4.69) is 19.1 Å². The van der Waals surface area contributed by atoms with E-state index in [9.17, 15) is 4.79 Å². The molecule has 1 aliphatic carbocycles. The van der Waals surface area contributed by atoms with Gasteiger partial charge in [-0.15, -0.1) is 0 Å². The highest BCUT2D eigenvalue weighted by Crippen LogP contribution is 2.37. The zero-order valence-corrected chi connectivity index (χ0v) is 19.8. The number of benzene rings is 2. The zero-order valence-electron chi connectivity index (χ0n) is 19.0. The van der Waals surface area contributed by atoms with Crippen molar-refractivity contribution in [1.29, 1.82) is 0 Å². The Morgan fingerprint density at radius 1 is 0.818 bits per heavy atom. The van der Waals surface area contributed by atoms with Crippen LogP contribution in [-0.2, 0) is 4.18 Å². The molecular formula is C25H37F5O2S. The zero-order chi connectivity index (χ0) is 19.6. The summed E-state index contributed by atoms with van der Waals surface area (Å²) in [5, 5.41) is 0. The molecule has 0 saturated heterocycles. The van der Waals surface area contributed by atoms with E-state index in [0.29, 0.717) is 11.5 Å². The SMILES string of the molecule is CCCCCCC1CCC(c2ccc(C(=O)OSc3ccccc3)cc2)CC1.F.F.F.F.F. The third-order valence-electron chi connectivity index (χ3n) is 5.89. The largest absolute Gasteiger partial charge is 0.382 e. The van der Waals surface area contributed by atoms with Crippen LogP contribution < -0.4 is 0 Å². The van der Waals surface area contributed by atoms with Crippen LogP contribution in [0.2, 0.25) is 0 Å². The van der Waals surface area contributed by atoms with E-state index in [-0.39, 0.29) is 29.5 Å². The van der Waals surface area contributed by atoms with Crippen LogP contribution in [-0.4, -0.2) is 5.97 Å². The molecule has 0 unspecified atom stereocenters. The molecule has 1 saturated carbocycles. The first kappa shape index (κ1) is 35.5. The number of hydrogen-bond donors (Lipinski definition) is 0. The van der Waals surface area contributed by atoms with Crippen LogP contribution in [0.1, 0.15) is 86.6 Å². The van der Waals surface area contributed by atoms with Crippen molar-refractivity contribution in [2.75, 3.05) is 0 Å². The van der Waals surface area contributed by atoms with Gasteiger partial charge in [0.1, 0.15) is 0 Å². The van der Waals surface area contributed by atoms with Gasteiger partial charge in [0.2, 0.25) is 0 Å². The molecule has 0 atom stereocenters. The van der Waals surface area contributed by atoms with E-state index < -0.39 is 0 Å². The minimum absolute atomic E-state index is 0. The maximum absolute atomic E-state index is 12.3. The predicted molar refractivity (Wildman–Crippen MR) is 130 cm³/mol. The third kappa shape index (κ3) is 11.6. The molecule has 0 aromatic heterocycles. The lowest BCUT2D eigenvalue weighted by Crippen LogP contribution is -2.13. The highest BCUT2D eigenvalue weighted by molar-refractivity contribution is 7.95. The van der Waals surface area contributed by atoms with Crippen LogP contribution in [0, 0.1) is 5.92 Å². The summed E-state index contributed by atoms with van der Waals surface area (Å²) in [5.74, 6) is 1.30. The van der Waals surface area contributed by atoms with Gasteiger partial charge in [-0.3, -0.25) is 23.5 Å². The Balaban J connectivity index is -0.00000180. The summed E-state index contributed by atoms with van der Waals surface area (Å²) in [6, 6.07) is 17.8. The van der Waals surface area contributed by atoms with Gasteiger partial charge in [0.15, 0.2) is 0 Å². The summed E-state index contributed by atoms with van der Waals surface area (Å²) in [5.41, 5.74) is 1.99. The van der Waals surface area contributed by atoms with Crippen LogP contribution >= 0.6 is 12.0 Å². The summed E-state index contributed by atoms with van der Waals surface area (Å²) < 4.78 is 5.35. The van der Waals surface area contributed by atoms with E-state index in [0.717, 1.165) is 22.9 Å². The highest BCUT2D eigenvalue weighted by atomic mass is 32.2. The summed E-state index contributed by atoms with van der Waals surface area (Å²) in [4.78, 5) is 13.2. The number of halogens is 5. The second-order valence-corrected chi connectivity index (χ2v) is 8.76. The molecule has 0 aliphatic heterocycles. The number of hydrogen-bond acceptors (Lipinski definition) is 3. The topological polar surface area (TPSA) is 26.3 Å². The molecule has 33 heavy (non-hydrogen) atoms. The first-order chi connectivity index (χ1) is 13.8. The minimum Gasteiger partial charge on any atom is -0.382 e. The van der Waals surface area contributed by atoms with E-state index >= 15 is 0 Å². The van der Waals surface area contributed by atoms with Crippen LogP contribution in [0.3, 0.4) is 0 Å². The Hall–Kier alpha value is -2.09. The van der Waals surface area contributed by atoms with Gasteiger partial charge in [-0.2, -0.15) is 0 Å². The van der Waals surface area contributed by atoms with Gasteiger partial charge in [-0.1, -0.05) is 69.4 Å². The summed E-state index contributed by atoms with van der Waals surface area (Å²) >= 11 is 1.12.